The van der Waals surface area contributed by atoms with E-state index in [1.807, 2.05) is 0 Å². The average molecular weight is 588 g/mol. The molecule has 40 heavy (non-hydrogen) atoms. The first-order valence-electron chi connectivity index (χ1n) is 12.4. The van der Waals surface area contributed by atoms with Gasteiger partial charge in [0.15, 0.2) is 17.3 Å². The molecule has 8 nitrogen and oxygen atoms in total. The second-order valence-corrected chi connectivity index (χ2v) is 11.1. The number of amides is 2. The number of halogens is 6. The molecule has 2 atom stereocenters. The molecule has 0 radical (unpaired) electrons. The Hall–Kier alpha value is -3.33. The Kier molecular flexibility index (Phi) is 7.46. The summed E-state index contributed by atoms with van der Waals surface area (Å²) in [5, 5.41) is -0.438. The molecule has 1 fully saturated rings. The third-order valence-corrected chi connectivity index (χ3v) is 8.21. The number of imidazole rings is 1. The highest BCUT2D eigenvalue weighted by molar-refractivity contribution is 8.15. The van der Waals surface area contributed by atoms with E-state index < -0.39 is 52.9 Å². The summed E-state index contributed by atoms with van der Waals surface area (Å²) >= 11 is 1.04. The highest BCUT2D eigenvalue weighted by atomic mass is 32.2. The van der Waals surface area contributed by atoms with Gasteiger partial charge in [0, 0.05) is 44.7 Å². The fourth-order valence-electron chi connectivity index (χ4n) is 5.16. The maximum absolute atomic E-state index is 14.0. The summed E-state index contributed by atoms with van der Waals surface area (Å²) < 4.78 is 83.7. The SMILES string of the molecule is N[C@H](CC(=O)N1CCn2c(nc(C(F)(F)F)c2C(=O)N2CCC3=CC(=O)SC3C2)C1)Cc1cc(F)c(F)cc1F. The number of rotatable bonds is 5. The van der Waals surface area contributed by atoms with Crippen molar-refractivity contribution in [2.75, 3.05) is 19.6 Å². The molecule has 3 aliphatic rings. The lowest BCUT2D eigenvalue weighted by molar-refractivity contribution is -0.141. The molecule has 1 aromatic heterocycles. The molecule has 2 aromatic rings. The van der Waals surface area contributed by atoms with Gasteiger partial charge in [0.25, 0.3) is 5.91 Å². The first-order chi connectivity index (χ1) is 18.8. The van der Waals surface area contributed by atoms with Gasteiger partial charge in [-0.1, -0.05) is 11.8 Å². The minimum absolute atomic E-state index is 0.0358. The predicted octanol–water partition coefficient (Wildman–Crippen LogP) is 3.04. The molecule has 0 bridgehead atoms. The smallest absolute Gasteiger partial charge is 0.336 e. The number of hydrogen-bond acceptors (Lipinski definition) is 6. The summed E-state index contributed by atoms with van der Waals surface area (Å²) in [6.45, 7) is -0.227. The lowest BCUT2D eigenvalue weighted by Gasteiger charge is -2.33. The van der Waals surface area contributed by atoms with Crippen LogP contribution in [0.3, 0.4) is 0 Å². The number of piperidine rings is 1. The van der Waals surface area contributed by atoms with Crippen LogP contribution in [0.15, 0.2) is 23.8 Å². The van der Waals surface area contributed by atoms with Crippen LogP contribution in [0.25, 0.3) is 0 Å². The van der Waals surface area contributed by atoms with E-state index >= 15 is 0 Å². The number of nitrogens with zero attached hydrogens (tertiary/aromatic N) is 4. The maximum atomic E-state index is 14.0. The number of thioether (sulfide) groups is 1. The first-order valence-corrected chi connectivity index (χ1v) is 13.2. The van der Waals surface area contributed by atoms with Gasteiger partial charge in [-0.25, -0.2) is 18.2 Å². The third kappa shape index (κ3) is 5.48. The number of carbonyl (C=O) groups excluding carboxylic acids is 3. The second kappa shape index (κ2) is 10.6. The average Bonchev–Trinajstić information content (AvgIpc) is 3.45. The second-order valence-electron chi connectivity index (χ2n) is 9.86. The van der Waals surface area contributed by atoms with E-state index in [9.17, 15) is 40.7 Å². The van der Waals surface area contributed by atoms with Crippen LogP contribution in [0.2, 0.25) is 0 Å². The Morgan fingerprint density at radius 2 is 1.80 bits per heavy atom. The van der Waals surface area contributed by atoms with Crippen LogP contribution in [-0.2, 0) is 35.3 Å². The summed E-state index contributed by atoms with van der Waals surface area (Å²) in [6, 6.07) is 0.0636. The van der Waals surface area contributed by atoms with Crippen LogP contribution in [0.4, 0.5) is 26.3 Å². The van der Waals surface area contributed by atoms with Crippen molar-refractivity contribution < 1.29 is 40.7 Å². The van der Waals surface area contributed by atoms with Gasteiger partial charge in [0.1, 0.15) is 17.3 Å². The Balaban J connectivity index is 1.30. The van der Waals surface area contributed by atoms with Crippen molar-refractivity contribution in [1.82, 2.24) is 19.4 Å². The highest BCUT2D eigenvalue weighted by Gasteiger charge is 2.44. The van der Waals surface area contributed by atoms with Gasteiger partial charge in [-0.15, -0.1) is 0 Å². The summed E-state index contributed by atoms with van der Waals surface area (Å²) in [6.07, 6.45) is -3.65. The van der Waals surface area contributed by atoms with E-state index in [-0.39, 0.29) is 67.3 Å². The lowest BCUT2D eigenvalue weighted by atomic mass is 10.0. The Bertz CT molecular complexity index is 1420. The molecule has 1 unspecified atom stereocenters. The number of aromatic nitrogens is 2. The fourth-order valence-corrected chi connectivity index (χ4v) is 6.25. The summed E-state index contributed by atoms with van der Waals surface area (Å²) in [5.74, 6) is -5.16. The van der Waals surface area contributed by atoms with E-state index in [0.29, 0.717) is 18.6 Å². The topological polar surface area (TPSA) is 102 Å². The normalized spacial score (nSPS) is 19.8. The molecule has 0 spiro atoms. The van der Waals surface area contributed by atoms with Crippen LogP contribution in [0, 0.1) is 17.5 Å². The molecular formula is C25H23F6N5O3S. The third-order valence-electron chi connectivity index (χ3n) is 7.12. The molecule has 0 saturated carbocycles. The molecule has 1 saturated heterocycles. The van der Waals surface area contributed by atoms with E-state index in [0.717, 1.165) is 17.3 Å². The number of hydrogen-bond donors (Lipinski definition) is 1. The molecule has 2 N–H and O–H groups in total. The Labute approximate surface area is 228 Å². The van der Waals surface area contributed by atoms with Crippen molar-refractivity contribution in [3.05, 3.63) is 64.0 Å². The van der Waals surface area contributed by atoms with Crippen molar-refractivity contribution >= 4 is 28.7 Å². The van der Waals surface area contributed by atoms with Gasteiger partial charge in [-0.05, 0) is 36.1 Å². The molecule has 3 aliphatic heterocycles. The van der Waals surface area contributed by atoms with Gasteiger partial charge in [-0.2, -0.15) is 13.2 Å². The Morgan fingerprint density at radius 3 is 2.52 bits per heavy atom. The van der Waals surface area contributed by atoms with Crippen LogP contribution in [0.5, 0.6) is 0 Å². The number of carbonyl (C=O) groups is 3. The number of alkyl halides is 3. The fraction of sp³-hybridized carbons (Fsp3) is 0.440. The van der Waals surface area contributed by atoms with Crippen molar-refractivity contribution in [2.45, 2.75) is 49.8 Å². The van der Waals surface area contributed by atoms with E-state index in [4.69, 9.17) is 5.73 Å². The molecule has 15 heteroatoms. The minimum atomic E-state index is -4.93. The monoisotopic (exact) mass is 587 g/mol. The number of benzene rings is 1. The van der Waals surface area contributed by atoms with Gasteiger partial charge >= 0.3 is 6.18 Å². The summed E-state index contributed by atoms with van der Waals surface area (Å²) in [5.41, 5.74) is 4.64. The largest absolute Gasteiger partial charge is 0.435 e. The summed E-state index contributed by atoms with van der Waals surface area (Å²) in [7, 11) is 0. The molecule has 214 valence electrons. The first kappa shape index (κ1) is 28.2. The van der Waals surface area contributed by atoms with Gasteiger partial charge in [0.05, 0.1) is 11.8 Å². The number of likely N-dealkylation sites (tertiary alicyclic amines) is 1. The summed E-state index contributed by atoms with van der Waals surface area (Å²) in [4.78, 5) is 44.1. The van der Waals surface area contributed by atoms with Crippen molar-refractivity contribution in [1.29, 1.82) is 0 Å². The van der Waals surface area contributed by atoms with Crippen molar-refractivity contribution in [3.8, 4) is 0 Å². The molecule has 0 aliphatic carbocycles. The minimum Gasteiger partial charge on any atom is -0.336 e. The van der Waals surface area contributed by atoms with Crippen molar-refractivity contribution in [3.63, 3.8) is 0 Å². The number of fused-ring (bicyclic) bond motifs is 2. The van der Waals surface area contributed by atoms with Crippen LogP contribution < -0.4 is 5.73 Å². The lowest BCUT2D eigenvalue weighted by Crippen LogP contribution is -2.44. The van der Waals surface area contributed by atoms with E-state index in [1.54, 1.807) is 0 Å². The van der Waals surface area contributed by atoms with Crippen LogP contribution >= 0.6 is 11.8 Å². The molecule has 1 aromatic carbocycles. The maximum Gasteiger partial charge on any atom is 0.435 e. The molecular weight excluding hydrogens is 564 g/mol. The number of nitrogens with two attached hydrogens (primary N) is 1. The van der Waals surface area contributed by atoms with E-state index in [1.165, 1.54) is 20.4 Å². The Morgan fingerprint density at radius 1 is 1.07 bits per heavy atom. The van der Waals surface area contributed by atoms with Crippen molar-refractivity contribution in [2.24, 2.45) is 5.73 Å². The van der Waals surface area contributed by atoms with Gasteiger partial charge < -0.3 is 20.1 Å². The highest BCUT2D eigenvalue weighted by Crippen LogP contribution is 2.37. The van der Waals surface area contributed by atoms with Gasteiger partial charge in [0.2, 0.25) is 11.0 Å². The molecule has 4 heterocycles. The van der Waals surface area contributed by atoms with Crippen LogP contribution in [0.1, 0.15) is 40.4 Å². The van der Waals surface area contributed by atoms with Gasteiger partial charge in [-0.3, -0.25) is 14.4 Å². The zero-order chi connectivity index (χ0) is 28.9. The van der Waals surface area contributed by atoms with Crippen LogP contribution in [-0.4, -0.2) is 67.2 Å². The molecule has 2 amide bonds. The predicted molar refractivity (Wildman–Crippen MR) is 130 cm³/mol. The van der Waals surface area contributed by atoms with E-state index in [2.05, 4.69) is 4.98 Å². The standard InChI is InChI=1S/C25H23F6N5O3S/c26-15-9-17(28)16(27)6-13(15)5-14(32)8-20(37)34-3-4-36-19(11-34)33-23(25(29,30)31)22(36)24(39)35-2-1-12-7-21(38)40-18(12)10-35/h6-7,9,14,18H,1-5,8,10-11,32H2/t14-,18?/m0/s1. The zero-order valence-corrected chi connectivity index (χ0v) is 21.6. The zero-order valence-electron chi connectivity index (χ0n) is 20.8. The quantitative estimate of drug-likeness (QED) is 0.427. The molecule has 5 rings (SSSR count).